The third-order valence-electron chi connectivity index (χ3n) is 3.80. The molecule has 0 bridgehead atoms. The van der Waals surface area contributed by atoms with Crippen molar-refractivity contribution in [2.24, 2.45) is 0 Å². The van der Waals surface area contributed by atoms with Crippen LogP contribution in [0.1, 0.15) is 0 Å². The second-order valence-electron chi connectivity index (χ2n) is 5.40. The zero-order chi connectivity index (χ0) is 15.6. The number of para-hydroxylation sites is 1. The molecular weight excluding hydrogens is 282 g/mol. The van der Waals surface area contributed by atoms with Crippen molar-refractivity contribution in [1.82, 2.24) is 9.97 Å². The average molecular weight is 297 g/mol. The van der Waals surface area contributed by atoms with Crippen LogP contribution >= 0.6 is 0 Å². The highest BCUT2D eigenvalue weighted by atomic mass is 14.9. The lowest BCUT2D eigenvalue weighted by Gasteiger charge is -2.09. The quantitative estimate of drug-likeness (QED) is 0.552. The third-order valence-corrected chi connectivity index (χ3v) is 3.80. The van der Waals surface area contributed by atoms with Gasteiger partial charge in [-0.2, -0.15) is 0 Å². The fourth-order valence-electron chi connectivity index (χ4n) is 2.70. The Labute approximate surface area is 134 Å². The lowest BCUT2D eigenvalue weighted by Crippen LogP contribution is -1.95. The zero-order valence-electron chi connectivity index (χ0n) is 12.5. The van der Waals surface area contributed by atoms with Gasteiger partial charge >= 0.3 is 0 Å². The van der Waals surface area contributed by atoms with Crippen LogP contribution in [0.4, 0.5) is 5.69 Å². The van der Waals surface area contributed by atoms with E-state index in [1.54, 1.807) is 0 Å². The second kappa shape index (κ2) is 5.54. The fraction of sp³-hybridized carbons (Fsp3) is 0. The van der Waals surface area contributed by atoms with Crippen molar-refractivity contribution in [2.45, 2.75) is 0 Å². The molecule has 3 nitrogen and oxygen atoms in total. The molecule has 0 aliphatic heterocycles. The molecule has 0 atom stereocenters. The lowest BCUT2D eigenvalue weighted by molar-refractivity contribution is 1.23. The molecule has 3 heteroatoms. The van der Waals surface area contributed by atoms with Gasteiger partial charge in [0.15, 0.2) is 5.82 Å². The average Bonchev–Trinajstić information content (AvgIpc) is 2.61. The highest BCUT2D eigenvalue weighted by molar-refractivity contribution is 5.94. The summed E-state index contributed by atoms with van der Waals surface area (Å²) in [6.45, 7) is 0. The van der Waals surface area contributed by atoms with Crippen LogP contribution in [-0.2, 0) is 0 Å². The maximum atomic E-state index is 5.95. The number of hydrogen-bond donors (Lipinski definition) is 1. The summed E-state index contributed by atoms with van der Waals surface area (Å²) in [5.41, 5.74) is 10.5. The molecular formula is C20H15N3. The number of nitrogens with two attached hydrogens (primary N) is 1. The van der Waals surface area contributed by atoms with E-state index < -0.39 is 0 Å². The maximum Gasteiger partial charge on any atom is 0.160 e. The van der Waals surface area contributed by atoms with Crippen molar-refractivity contribution in [3.05, 3.63) is 78.9 Å². The van der Waals surface area contributed by atoms with Crippen molar-refractivity contribution < 1.29 is 0 Å². The molecule has 3 aromatic carbocycles. The number of rotatable bonds is 2. The molecule has 0 saturated carbocycles. The second-order valence-corrected chi connectivity index (χ2v) is 5.40. The van der Waals surface area contributed by atoms with Crippen molar-refractivity contribution in [1.29, 1.82) is 0 Å². The fourth-order valence-corrected chi connectivity index (χ4v) is 2.70. The van der Waals surface area contributed by atoms with E-state index in [9.17, 15) is 0 Å². The van der Waals surface area contributed by atoms with Crippen molar-refractivity contribution >= 4 is 16.6 Å². The van der Waals surface area contributed by atoms with E-state index in [-0.39, 0.29) is 0 Å². The molecule has 0 aliphatic carbocycles. The summed E-state index contributed by atoms with van der Waals surface area (Å²) in [5, 5.41) is 1.03. The molecule has 0 amide bonds. The number of hydrogen-bond acceptors (Lipinski definition) is 3. The number of aromatic nitrogens is 2. The first-order chi connectivity index (χ1) is 11.3. The van der Waals surface area contributed by atoms with E-state index in [2.05, 4.69) is 0 Å². The van der Waals surface area contributed by atoms with Crippen LogP contribution in [0.2, 0.25) is 0 Å². The van der Waals surface area contributed by atoms with Gasteiger partial charge in [0.05, 0.1) is 11.2 Å². The van der Waals surface area contributed by atoms with E-state index >= 15 is 0 Å². The molecule has 0 spiro atoms. The van der Waals surface area contributed by atoms with E-state index in [1.807, 2.05) is 78.9 Å². The van der Waals surface area contributed by atoms with Crippen LogP contribution in [0.3, 0.4) is 0 Å². The summed E-state index contributed by atoms with van der Waals surface area (Å²) in [5.74, 6) is 0.724. The third kappa shape index (κ3) is 2.53. The maximum absolute atomic E-state index is 5.95. The minimum absolute atomic E-state index is 0.724. The van der Waals surface area contributed by atoms with Crippen LogP contribution in [-0.4, -0.2) is 9.97 Å². The molecule has 4 aromatic rings. The van der Waals surface area contributed by atoms with Crippen LogP contribution in [0.15, 0.2) is 78.9 Å². The summed E-state index contributed by atoms with van der Waals surface area (Å²) >= 11 is 0. The smallest absolute Gasteiger partial charge is 0.160 e. The molecule has 0 aliphatic rings. The van der Waals surface area contributed by atoms with Crippen molar-refractivity contribution in [2.75, 3.05) is 5.73 Å². The minimum Gasteiger partial charge on any atom is -0.399 e. The van der Waals surface area contributed by atoms with Gasteiger partial charge < -0.3 is 5.73 Å². The van der Waals surface area contributed by atoms with Crippen molar-refractivity contribution in [3.8, 4) is 22.6 Å². The summed E-state index contributed by atoms with van der Waals surface area (Å²) in [4.78, 5) is 9.53. The zero-order valence-corrected chi connectivity index (χ0v) is 12.5. The van der Waals surface area contributed by atoms with Gasteiger partial charge in [-0.1, -0.05) is 60.7 Å². The Hall–Kier alpha value is -3.20. The first kappa shape index (κ1) is 13.5. The van der Waals surface area contributed by atoms with Gasteiger partial charge in [-0.25, -0.2) is 9.97 Å². The van der Waals surface area contributed by atoms with Gasteiger partial charge in [0.1, 0.15) is 0 Å². The first-order valence-electron chi connectivity index (χ1n) is 7.49. The van der Waals surface area contributed by atoms with E-state index in [0.29, 0.717) is 0 Å². The Bertz CT molecular complexity index is 978. The van der Waals surface area contributed by atoms with E-state index in [4.69, 9.17) is 15.7 Å². The van der Waals surface area contributed by atoms with Gasteiger partial charge in [0.2, 0.25) is 0 Å². The van der Waals surface area contributed by atoms with E-state index in [0.717, 1.165) is 39.2 Å². The summed E-state index contributed by atoms with van der Waals surface area (Å²) in [7, 11) is 0. The standard InChI is InChI=1S/C20H15N3/c21-16-10-6-9-15(13-16)19-17-11-4-5-12-18(17)22-20(23-19)14-7-2-1-3-8-14/h1-13H,21H2. The Morgan fingerprint density at radius 1 is 0.652 bits per heavy atom. The van der Waals surface area contributed by atoms with Crippen LogP contribution in [0.25, 0.3) is 33.5 Å². The Kier molecular flexibility index (Phi) is 3.24. The molecule has 2 N–H and O–H groups in total. The van der Waals surface area contributed by atoms with Crippen molar-refractivity contribution in [3.63, 3.8) is 0 Å². The molecule has 110 valence electrons. The predicted octanol–water partition coefficient (Wildman–Crippen LogP) is 4.55. The number of benzene rings is 3. The predicted molar refractivity (Wildman–Crippen MR) is 94.8 cm³/mol. The summed E-state index contributed by atoms with van der Waals surface area (Å²) in [6.07, 6.45) is 0. The molecule has 0 fully saturated rings. The van der Waals surface area contributed by atoms with Gasteiger partial charge in [-0.15, -0.1) is 0 Å². The molecule has 0 saturated heterocycles. The normalized spacial score (nSPS) is 10.8. The van der Waals surface area contributed by atoms with Crippen LogP contribution in [0, 0.1) is 0 Å². The Balaban J connectivity index is 2.02. The lowest BCUT2D eigenvalue weighted by atomic mass is 10.1. The van der Waals surface area contributed by atoms with Gasteiger partial charge in [-0.3, -0.25) is 0 Å². The Morgan fingerprint density at radius 2 is 1.39 bits per heavy atom. The minimum atomic E-state index is 0.724. The SMILES string of the molecule is Nc1cccc(-c2nc(-c3ccccc3)nc3ccccc23)c1. The van der Waals surface area contributed by atoms with Crippen LogP contribution < -0.4 is 5.73 Å². The van der Waals surface area contributed by atoms with Gasteiger partial charge in [0, 0.05) is 22.2 Å². The highest BCUT2D eigenvalue weighted by Crippen LogP contribution is 2.29. The number of nitrogens with zero attached hydrogens (tertiary/aromatic N) is 2. The summed E-state index contributed by atoms with van der Waals surface area (Å²) in [6, 6.07) is 25.9. The molecule has 4 rings (SSSR count). The van der Waals surface area contributed by atoms with Gasteiger partial charge in [-0.05, 0) is 18.2 Å². The molecule has 0 radical (unpaired) electrons. The van der Waals surface area contributed by atoms with Crippen LogP contribution in [0.5, 0.6) is 0 Å². The topological polar surface area (TPSA) is 51.8 Å². The molecule has 0 unspecified atom stereocenters. The molecule has 1 aromatic heterocycles. The number of anilines is 1. The first-order valence-corrected chi connectivity index (χ1v) is 7.49. The molecule has 23 heavy (non-hydrogen) atoms. The monoisotopic (exact) mass is 297 g/mol. The highest BCUT2D eigenvalue weighted by Gasteiger charge is 2.11. The Morgan fingerprint density at radius 3 is 2.22 bits per heavy atom. The summed E-state index contributed by atoms with van der Waals surface area (Å²) < 4.78 is 0. The van der Waals surface area contributed by atoms with Gasteiger partial charge in [0.25, 0.3) is 0 Å². The van der Waals surface area contributed by atoms with E-state index in [1.165, 1.54) is 0 Å². The number of fused-ring (bicyclic) bond motifs is 1. The molecule has 1 heterocycles. The largest absolute Gasteiger partial charge is 0.399 e. The number of nitrogen functional groups attached to an aromatic ring is 1.